The van der Waals surface area contributed by atoms with Crippen LogP contribution in [0.4, 0.5) is 0 Å². The summed E-state index contributed by atoms with van der Waals surface area (Å²) in [5.74, 6) is 0. The van der Waals surface area contributed by atoms with Gasteiger partial charge in [0.2, 0.25) is 0 Å². The second-order valence-corrected chi connectivity index (χ2v) is 4.44. The third-order valence-corrected chi connectivity index (χ3v) is 3.49. The van der Waals surface area contributed by atoms with Crippen LogP contribution >= 0.6 is 24.8 Å². The summed E-state index contributed by atoms with van der Waals surface area (Å²) >= 11 is 0. The summed E-state index contributed by atoms with van der Waals surface area (Å²) < 4.78 is 0. The van der Waals surface area contributed by atoms with Crippen molar-refractivity contribution >= 4 is 24.8 Å². The first-order valence-corrected chi connectivity index (χ1v) is 5.43. The zero-order valence-electron chi connectivity index (χ0n) is 9.61. The fourth-order valence-electron chi connectivity index (χ4n) is 2.50. The molecule has 92 valence electrons. The monoisotopic (exact) mass is 255 g/mol. The lowest BCUT2D eigenvalue weighted by molar-refractivity contribution is 0.107. The van der Waals surface area contributed by atoms with Gasteiger partial charge in [-0.3, -0.25) is 4.90 Å². The molecule has 1 N–H and O–H groups in total. The topological polar surface area (TPSA) is 18.5 Å². The highest BCUT2D eigenvalue weighted by molar-refractivity contribution is 5.85. The number of halogens is 2. The van der Waals surface area contributed by atoms with E-state index in [-0.39, 0.29) is 24.8 Å². The smallest absolute Gasteiger partial charge is 0.0259 e. The maximum atomic E-state index is 3.52. The largest absolute Gasteiger partial charge is 0.313 e. The van der Waals surface area contributed by atoms with Crippen LogP contribution in [0.25, 0.3) is 0 Å². The highest BCUT2D eigenvalue weighted by Gasteiger charge is 2.29. The van der Waals surface area contributed by atoms with E-state index in [1.165, 1.54) is 39.1 Å². The van der Waals surface area contributed by atoms with E-state index in [4.69, 9.17) is 0 Å². The van der Waals surface area contributed by atoms with Gasteiger partial charge in [0.1, 0.15) is 0 Å². The van der Waals surface area contributed by atoms with Gasteiger partial charge in [0.25, 0.3) is 0 Å². The standard InChI is InChI=1S/C10H21N3.2ClH/c1-9-10(3-4-11-9)13-7-5-12(2)6-8-13;;/h9-11H,3-8H2,1-2H3;2*1H/t9-,10+;;/m1../s1. The van der Waals surface area contributed by atoms with Gasteiger partial charge in [-0.05, 0) is 26.9 Å². The molecule has 2 saturated heterocycles. The first kappa shape index (κ1) is 15.5. The van der Waals surface area contributed by atoms with Gasteiger partial charge in [-0.2, -0.15) is 0 Å². The molecule has 0 unspecified atom stereocenters. The molecule has 15 heavy (non-hydrogen) atoms. The summed E-state index contributed by atoms with van der Waals surface area (Å²) in [6, 6.07) is 1.50. The zero-order chi connectivity index (χ0) is 9.26. The number of nitrogens with zero attached hydrogens (tertiary/aromatic N) is 2. The fraction of sp³-hybridized carbons (Fsp3) is 1.00. The minimum absolute atomic E-state index is 0. The lowest BCUT2D eigenvalue weighted by Gasteiger charge is -2.37. The maximum absolute atomic E-state index is 3.52. The van der Waals surface area contributed by atoms with Crippen molar-refractivity contribution in [2.45, 2.75) is 25.4 Å². The van der Waals surface area contributed by atoms with Crippen LogP contribution in [0.5, 0.6) is 0 Å². The molecule has 0 aromatic carbocycles. The molecule has 0 spiro atoms. The van der Waals surface area contributed by atoms with Gasteiger partial charge in [0.15, 0.2) is 0 Å². The first-order chi connectivity index (χ1) is 6.27. The molecule has 2 aliphatic heterocycles. The lowest BCUT2D eigenvalue weighted by atomic mass is 10.1. The average Bonchev–Trinajstić information content (AvgIpc) is 2.53. The SMILES string of the molecule is C[C@H]1NCC[C@@H]1N1CCN(C)CC1.Cl.Cl. The summed E-state index contributed by atoms with van der Waals surface area (Å²) in [7, 11) is 2.22. The Kier molecular flexibility index (Phi) is 7.13. The van der Waals surface area contributed by atoms with Crippen LogP contribution in [0.1, 0.15) is 13.3 Å². The molecule has 0 saturated carbocycles. The first-order valence-electron chi connectivity index (χ1n) is 5.43. The van der Waals surface area contributed by atoms with Gasteiger partial charge >= 0.3 is 0 Å². The number of piperazine rings is 1. The molecule has 0 bridgehead atoms. The minimum Gasteiger partial charge on any atom is -0.313 e. The van der Waals surface area contributed by atoms with E-state index in [0.29, 0.717) is 6.04 Å². The predicted octanol–water partition coefficient (Wildman–Crippen LogP) is 0.828. The number of nitrogens with one attached hydrogen (secondary N) is 1. The van der Waals surface area contributed by atoms with E-state index in [1.54, 1.807) is 0 Å². The van der Waals surface area contributed by atoms with Crippen molar-refractivity contribution in [2.24, 2.45) is 0 Å². The Balaban J connectivity index is 0.000000980. The summed E-state index contributed by atoms with van der Waals surface area (Å²) in [5, 5.41) is 3.52. The van der Waals surface area contributed by atoms with Crippen LogP contribution in [-0.2, 0) is 0 Å². The molecule has 2 aliphatic rings. The molecule has 0 aromatic heterocycles. The van der Waals surface area contributed by atoms with E-state index in [2.05, 4.69) is 29.1 Å². The van der Waals surface area contributed by atoms with Crippen LogP contribution in [-0.4, -0.2) is 61.7 Å². The maximum Gasteiger partial charge on any atom is 0.0259 e. The summed E-state index contributed by atoms with van der Waals surface area (Å²) in [6.07, 6.45) is 1.34. The Hall–Kier alpha value is 0.460. The molecule has 0 radical (unpaired) electrons. The van der Waals surface area contributed by atoms with E-state index < -0.39 is 0 Å². The molecule has 2 heterocycles. The van der Waals surface area contributed by atoms with Crippen molar-refractivity contribution in [1.82, 2.24) is 15.1 Å². The van der Waals surface area contributed by atoms with Gasteiger partial charge in [-0.25, -0.2) is 0 Å². The molecular formula is C10H23Cl2N3. The van der Waals surface area contributed by atoms with E-state index in [1.807, 2.05) is 0 Å². The number of hydrogen-bond acceptors (Lipinski definition) is 3. The number of rotatable bonds is 1. The summed E-state index contributed by atoms with van der Waals surface area (Å²) in [4.78, 5) is 5.08. The van der Waals surface area contributed by atoms with Crippen LogP contribution in [0.3, 0.4) is 0 Å². The second-order valence-electron chi connectivity index (χ2n) is 4.44. The normalized spacial score (nSPS) is 33.2. The molecule has 0 amide bonds. The molecule has 2 fully saturated rings. The van der Waals surface area contributed by atoms with Gasteiger partial charge < -0.3 is 10.2 Å². The van der Waals surface area contributed by atoms with Gasteiger partial charge in [-0.1, -0.05) is 0 Å². The van der Waals surface area contributed by atoms with Crippen LogP contribution in [0.15, 0.2) is 0 Å². The molecular weight excluding hydrogens is 233 g/mol. The zero-order valence-corrected chi connectivity index (χ0v) is 11.2. The van der Waals surface area contributed by atoms with E-state index in [0.717, 1.165) is 6.04 Å². The Morgan fingerprint density at radius 1 is 1.07 bits per heavy atom. The fourth-order valence-corrected chi connectivity index (χ4v) is 2.50. The molecule has 3 nitrogen and oxygen atoms in total. The highest BCUT2D eigenvalue weighted by Crippen LogP contribution is 2.16. The number of likely N-dealkylation sites (N-methyl/N-ethyl adjacent to an activating group) is 1. The third kappa shape index (κ3) is 3.75. The van der Waals surface area contributed by atoms with Gasteiger partial charge in [-0.15, -0.1) is 24.8 Å². The average molecular weight is 256 g/mol. The molecule has 0 aromatic rings. The van der Waals surface area contributed by atoms with Crippen molar-refractivity contribution in [3.8, 4) is 0 Å². The Labute approximate surface area is 105 Å². The van der Waals surface area contributed by atoms with Gasteiger partial charge in [0.05, 0.1) is 0 Å². The summed E-state index contributed by atoms with van der Waals surface area (Å²) in [5.41, 5.74) is 0. The van der Waals surface area contributed by atoms with Crippen molar-refractivity contribution in [3.63, 3.8) is 0 Å². The quantitative estimate of drug-likeness (QED) is 0.749. The van der Waals surface area contributed by atoms with E-state index >= 15 is 0 Å². The Bertz CT molecular complexity index is 172. The molecule has 0 aliphatic carbocycles. The molecule has 2 atom stereocenters. The van der Waals surface area contributed by atoms with Crippen molar-refractivity contribution < 1.29 is 0 Å². The number of hydrogen-bond donors (Lipinski definition) is 1. The van der Waals surface area contributed by atoms with Crippen molar-refractivity contribution in [2.75, 3.05) is 39.8 Å². The Morgan fingerprint density at radius 3 is 2.13 bits per heavy atom. The molecule has 2 rings (SSSR count). The molecule has 5 heteroatoms. The predicted molar refractivity (Wildman–Crippen MR) is 69.4 cm³/mol. The Morgan fingerprint density at radius 2 is 1.67 bits per heavy atom. The third-order valence-electron chi connectivity index (χ3n) is 3.49. The highest BCUT2D eigenvalue weighted by atomic mass is 35.5. The van der Waals surface area contributed by atoms with Gasteiger partial charge in [0, 0.05) is 38.3 Å². The van der Waals surface area contributed by atoms with E-state index in [9.17, 15) is 0 Å². The van der Waals surface area contributed by atoms with Crippen LogP contribution in [0, 0.1) is 0 Å². The summed E-state index contributed by atoms with van der Waals surface area (Å²) in [6.45, 7) is 8.51. The minimum atomic E-state index is 0. The van der Waals surface area contributed by atoms with Crippen molar-refractivity contribution in [3.05, 3.63) is 0 Å². The van der Waals surface area contributed by atoms with Crippen LogP contribution in [0.2, 0.25) is 0 Å². The van der Waals surface area contributed by atoms with Crippen LogP contribution < -0.4 is 5.32 Å². The second kappa shape index (κ2) is 6.92. The van der Waals surface area contributed by atoms with Crippen molar-refractivity contribution in [1.29, 1.82) is 0 Å². The lowest BCUT2D eigenvalue weighted by Crippen LogP contribution is -2.51.